The average molecular weight is 234 g/mol. The number of nitrogens with one attached hydrogen (secondary N) is 1. The summed E-state index contributed by atoms with van der Waals surface area (Å²) < 4.78 is 2.39. The van der Waals surface area contributed by atoms with Gasteiger partial charge in [-0.15, -0.1) is 10.2 Å². The van der Waals surface area contributed by atoms with Crippen molar-refractivity contribution in [2.75, 3.05) is 6.54 Å². The molecule has 94 valence electrons. The molecule has 0 amide bonds. The molecule has 1 N–H and O–H groups in total. The second-order valence-corrected chi connectivity index (χ2v) is 5.32. The molecule has 1 aromatic heterocycles. The van der Waals surface area contributed by atoms with Crippen molar-refractivity contribution in [3.8, 4) is 0 Å². The molecule has 4 heteroatoms. The molecule has 0 saturated heterocycles. The molecule has 0 bridgehead atoms. The van der Waals surface area contributed by atoms with E-state index in [2.05, 4.69) is 27.0 Å². The Morgan fingerprint density at radius 2 is 1.94 bits per heavy atom. The van der Waals surface area contributed by atoms with Gasteiger partial charge in [0, 0.05) is 19.0 Å². The molecule has 1 aliphatic carbocycles. The van der Waals surface area contributed by atoms with Gasteiger partial charge in [-0.3, -0.25) is 0 Å². The third-order valence-electron chi connectivity index (χ3n) is 4.22. The molecule has 1 saturated carbocycles. The van der Waals surface area contributed by atoms with Crippen molar-refractivity contribution in [2.45, 2.75) is 64.0 Å². The highest BCUT2D eigenvalue weighted by atomic mass is 15.3. The van der Waals surface area contributed by atoms with Crippen LogP contribution in [0, 0.1) is 0 Å². The van der Waals surface area contributed by atoms with Gasteiger partial charge in [-0.05, 0) is 19.3 Å². The van der Waals surface area contributed by atoms with Gasteiger partial charge < -0.3 is 9.88 Å². The van der Waals surface area contributed by atoms with Crippen LogP contribution in [-0.4, -0.2) is 21.3 Å². The van der Waals surface area contributed by atoms with Gasteiger partial charge in [-0.25, -0.2) is 0 Å². The van der Waals surface area contributed by atoms with Crippen molar-refractivity contribution >= 4 is 0 Å². The van der Waals surface area contributed by atoms with E-state index in [1.54, 1.807) is 0 Å². The second-order valence-electron chi connectivity index (χ2n) is 5.32. The molecule has 17 heavy (non-hydrogen) atoms. The van der Waals surface area contributed by atoms with Crippen molar-refractivity contribution in [3.63, 3.8) is 0 Å². The Balaban J connectivity index is 1.88. The Labute approximate surface area is 103 Å². The molecular weight excluding hydrogens is 212 g/mol. The van der Waals surface area contributed by atoms with Crippen molar-refractivity contribution in [2.24, 2.45) is 0 Å². The maximum Gasteiger partial charge on any atom is 0.150 e. The fourth-order valence-electron chi connectivity index (χ4n) is 3.25. The van der Waals surface area contributed by atoms with E-state index in [4.69, 9.17) is 0 Å². The summed E-state index contributed by atoms with van der Waals surface area (Å²) in [5, 5.41) is 12.4. The zero-order valence-corrected chi connectivity index (χ0v) is 10.7. The molecule has 0 aromatic carbocycles. The van der Waals surface area contributed by atoms with Crippen molar-refractivity contribution in [1.29, 1.82) is 0 Å². The van der Waals surface area contributed by atoms with Crippen LogP contribution in [0.4, 0.5) is 0 Å². The molecule has 3 rings (SSSR count). The lowest BCUT2D eigenvalue weighted by molar-refractivity contribution is 0.373. The molecule has 1 atom stereocenters. The third-order valence-corrected chi connectivity index (χ3v) is 4.22. The van der Waals surface area contributed by atoms with Crippen LogP contribution >= 0.6 is 0 Å². The number of hydrogen-bond donors (Lipinski definition) is 1. The van der Waals surface area contributed by atoms with E-state index < -0.39 is 0 Å². The Kier molecular flexibility index (Phi) is 3.14. The van der Waals surface area contributed by atoms with Crippen LogP contribution in [0.15, 0.2) is 0 Å². The molecule has 4 nitrogen and oxygen atoms in total. The molecule has 2 heterocycles. The summed E-state index contributed by atoms with van der Waals surface area (Å²) in [4.78, 5) is 0. The first-order valence-electron chi connectivity index (χ1n) is 7.06. The zero-order valence-electron chi connectivity index (χ0n) is 10.7. The lowest BCUT2D eigenvalue weighted by atomic mass is 9.88. The monoisotopic (exact) mass is 234 g/mol. The number of rotatable bonds is 2. The van der Waals surface area contributed by atoms with Gasteiger partial charge in [-0.1, -0.05) is 26.2 Å². The van der Waals surface area contributed by atoms with Gasteiger partial charge in [0.05, 0.1) is 6.04 Å². The Bertz CT molecular complexity index is 379. The van der Waals surface area contributed by atoms with Crippen molar-refractivity contribution < 1.29 is 0 Å². The van der Waals surface area contributed by atoms with Crippen LogP contribution in [0.25, 0.3) is 0 Å². The average Bonchev–Trinajstić information content (AvgIpc) is 2.83. The molecule has 0 spiro atoms. The third kappa shape index (κ3) is 1.99. The summed E-state index contributed by atoms with van der Waals surface area (Å²) in [7, 11) is 0. The predicted molar refractivity (Wildman–Crippen MR) is 66.9 cm³/mol. The van der Waals surface area contributed by atoms with Crippen LogP contribution in [0.3, 0.4) is 0 Å². The summed E-state index contributed by atoms with van der Waals surface area (Å²) in [6.45, 7) is 4.32. The van der Waals surface area contributed by atoms with E-state index in [0.29, 0.717) is 12.0 Å². The topological polar surface area (TPSA) is 42.7 Å². The lowest BCUT2D eigenvalue weighted by Gasteiger charge is -2.27. The molecule has 1 fully saturated rings. The first-order valence-corrected chi connectivity index (χ1v) is 7.06. The van der Waals surface area contributed by atoms with Crippen LogP contribution in [0.1, 0.15) is 69.1 Å². The van der Waals surface area contributed by atoms with E-state index in [0.717, 1.165) is 19.5 Å². The molecule has 1 unspecified atom stereocenters. The van der Waals surface area contributed by atoms with Gasteiger partial charge >= 0.3 is 0 Å². The van der Waals surface area contributed by atoms with E-state index in [1.807, 2.05) is 0 Å². The SMILES string of the molecule is CCC1NCCn2c(C3CCCCC3)nnc21. The van der Waals surface area contributed by atoms with Crippen LogP contribution in [0.5, 0.6) is 0 Å². The molecular formula is C13H22N4. The van der Waals surface area contributed by atoms with E-state index >= 15 is 0 Å². The van der Waals surface area contributed by atoms with Gasteiger partial charge in [-0.2, -0.15) is 0 Å². The highest BCUT2D eigenvalue weighted by molar-refractivity contribution is 5.08. The van der Waals surface area contributed by atoms with Gasteiger partial charge in [0.2, 0.25) is 0 Å². The molecule has 2 aliphatic rings. The number of aromatic nitrogens is 3. The Morgan fingerprint density at radius 3 is 2.71 bits per heavy atom. The molecule has 1 aromatic rings. The highest BCUT2D eigenvalue weighted by Crippen LogP contribution is 2.33. The quantitative estimate of drug-likeness (QED) is 0.854. The lowest BCUT2D eigenvalue weighted by Crippen LogP contribution is -2.34. The minimum absolute atomic E-state index is 0.411. The summed E-state index contributed by atoms with van der Waals surface area (Å²) in [5.41, 5.74) is 0. The number of nitrogens with zero attached hydrogens (tertiary/aromatic N) is 3. The Hall–Kier alpha value is -0.900. The fourth-order valence-corrected chi connectivity index (χ4v) is 3.25. The van der Waals surface area contributed by atoms with E-state index in [-0.39, 0.29) is 0 Å². The summed E-state index contributed by atoms with van der Waals surface area (Å²) >= 11 is 0. The zero-order chi connectivity index (χ0) is 11.7. The largest absolute Gasteiger partial charge is 0.312 e. The highest BCUT2D eigenvalue weighted by Gasteiger charge is 2.27. The summed E-state index contributed by atoms with van der Waals surface area (Å²) in [6, 6.07) is 0.411. The normalized spacial score (nSPS) is 25.8. The van der Waals surface area contributed by atoms with Gasteiger partial charge in [0.15, 0.2) is 0 Å². The second kappa shape index (κ2) is 4.77. The number of hydrogen-bond acceptors (Lipinski definition) is 3. The molecule has 0 radical (unpaired) electrons. The maximum absolute atomic E-state index is 4.49. The van der Waals surface area contributed by atoms with Gasteiger partial charge in [0.1, 0.15) is 11.6 Å². The fraction of sp³-hybridized carbons (Fsp3) is 0.846. The minimum atomic E-state index is 0.411. The standard InChI is InChI=1S/C13H22N4/c1-2-11-13-16-15-12(17(13)9-8-14-11)10-6-4-3-5-7-10/h10-11,14H,2-9H2,1H3. The van der Waals surface area contributed by atoms with Gasteiger partial charge in [0.25, 0.3) is 0 Å². The van der Waals surface area contributed by atoms with E-state index in [9.17, 15) is 0 Å². The first kappa shape index (κ1) is 11.2. The van der Waals surface area contributed by atoms with E-state index in [1.165, 1.54) is 43.8 Å². The van der Waals surface area contributed by atoms with Crippen molar-refractivity contribution in [1.82, 2.24) is 20.1 Å². The van der Waals surface area contributed by atoms with Crippen LogP contribution in [-0.2, 0) is 6.54 Å². The smallest absolute Gasteiger partial charge is 0.150 e. The number of fused-ring (bicyclic) bond motifs is 1. The Morgan fingerprint density at radius 1 is 1.18 bits per heavy atom. The van der Waals surface area contributed by atoms with Crippen LogP contribution < -0.4 is 5.32 Å². The minimum Gasteiger partial charge on any atom is -0.312 e. The predicted octanol–water partition coefficient (Wildman–Crippen LogP) is 2.38. The molecule has 1 aliphatic heterocycles. The maximum atomic E-state index is 4.49. The summed E-state index contributed by atoms with van der Waals surface area (Å²) in [6.07, 6.45) is 7.84. The first-order chi connectivity index (χ1) is 8.40. The van der Waals surface area contributed by atoms with Crippen LogP contribution in [0.2, 0.25) is 0 Å². The summed E-state index contributed by atoms with van der Waals surface area (Å²) in [5.74, 6) is 3.10. The van der Waals surface area contributed by atoms with Crippen molar-refractivity contribution in [3.05, 3.63) is 11.6 Å².